The zero-order valence-electron chi connectivity index (χ0n) is 14.6. The van der Waals surface area contributed by atoms with Crippen molar-refractivity contribution in [2.24, 2.45) is 0 Å². The van der Waals surface area contributed by atoms with Crippen molar-refractivity contribution in [3.8, 4) is 0 Å². The predicted molar refractivity (Wildman–Crippen MR) is 99.4 cm³/mol. The number of nitro groups is 1. The molecule has 0 bridgehead atoms. The molecule has 28 heavy (non-hydrogen) atoms. The number of hydrogen-bond acceptors (Lipinski definition) is 7. The highest BCUT2D eigenvalue weighted by molar-refractivity contribution is 6.32. The molecule has 0 aliphatic rings. The molecule has 3 aromatic rings. The zero-order valence-corrected chi connectivity index (χ0v) is 15.4. The minimum atomic E-state index is -0.806. The van der Waals surface area contributed by atoms with Crippen LogP contribution in [0.5, 0.6) is 0 Å². The van der Waals surface area contributed by atoms with Crippen LogP contribution in [0.4, 0.5) is 5.69 Å². The summed E-state index contributed by atoms with van der Waals surface area (Å²) in [6.07, 6.45) is 0. The van der Waals surface area contributed by atoms with Crippen LogP contribution < -0.4 is 0 Å². The van der Waals surface area contributed by atoms with Crippen LogP contribution >= 0.6 is 11.6 Å². The van der Waals surface area contributed by atoms with Crippen molar-refractivity contribution in [2.75, 3.05) is 6.61 Å². The molecule has 0 spiro atoms. The monoisotopic (exact) mass is 403 g/mol. The Bertz CT molecular complexity index is 1070. The number of furan rings is 1. The lowest BCUT2D eigenvalue weighted by Gasteiger charge is -2.06. The number of fused-ring (bicyclic) bond motifs is 1. The summed E-state index contributed by atoms with van der Waals surface area (Å²) in [5.74, 6) is -1.54. The Morgan fingerprint density at radius 2 is 1.89 bits per heavy atom. The first kappa shape index (κ1) is 19.4. The van der Waals surface area contributed by atoms with Crippen LogP contribution in [0.3, 0.4) is 0 Å². The summed E-state index contributed by atoms with van der Waals surface area (Å²) in [4.78, 5) is 34.8. The van der Waals surface area contributed by atoms with Gasteiger partial charge in [-0.1, -0.05) is 29.8 Å². The number of benzene rings is 2. The first-order valence-corrected chi connectivity index (χ1v) is 8.58. The van der Waals surface area contributed by atoms with Crippen LogP contribution in [-0.4, -0.2) is 23.5 Å². The van der Waals surface area contributed by atoms with Crippen molar-refractivity contribution in [1.82, 2.24) is 0 Å². The summed E-state index contributed by atoms with van der Waals surface area (Å²) in [7, 11) is 0. The molecule has 0 aliphatic carbocycles. The van der Waals surface area contributed by atoms with Gasteiger partial charge >= 0.3 is 11.9 Å². The number of hydrogen-bond donors (Lipinski definition) is 0. The molecule has 0 saturated carbocycles. The quantitative estimate of drug-likeness (QED) is 0.338. The molecule has 0 radical (unpaired) electrons. The van der Waals surface area contributed by atoms with Gasteiger partial charge in [0.2, 0.25) is 5.76 Å². The minimum absolute atomic E-state index is 0.0402. The minimum Gasteiger partial charge on any atom is -0.460 e. The van der Waals surface area contributed by atoms with Crippen molar-refractivity contribution in [3.63, 3.8) is 0 Å². The largest absolute Gasteiger partial charge is 0.460 e. The number of esters is 2. The maximum atomic E-state index is 12.3. The maximum absolute atomic E-state index is 12.3. The Morgan fingerprint density at radius 3 is 2.61 bits per heavy atom. The molecule has 0 fully saturated rings. The number of rotatable bonds is 6. The molecule has 0 atom stereocenters. The van der Waals surface area contributed by atoms with Crippen molar-refractivity contribution >= 4 is 40.2 Å². The Kier molecular flexibility index (Phi) is 5.60. The highest BCUT2D eigenvalue weighted by Crippen LogP contribution is 2.29. The normalized spacial score (nSPS) is 10.6. The van der Waals surface area contributed by atoms with E-state index in [1.54, 1.807) is 31.2 Å². The number of nitrogens with zero attached hydrogens (tertiary/aromatic N) is 1. The summed E-state index contributed by atoms with van der Waals surface area (Å²) in [6.45, 7) is 1.54. The fraction of sp³-hybridized carbons (Fsp3) is 0.158. The van der Waals surface area contributed by atoms with Gasteiger partial charge in [0.25, 0.3) is 5.69 Å². The van der Waals surface area contributed by atoms with Gasteiger partial charge in [-0.3, -0.25) is 10.1 Å². The van der Waals surface area contributed by atoms with E-state index in [0.29, 0.717) is 16.5 Å². The number of nitro benzene ring substituents is 1. The van der Waals surface area contributed by atoms with Gasteiger partial charge in [-0.25, -0.2) is 9.59 Å². The Hall–Kier alpha value is -3.39. The van der Waals surface area contributed by atoms with E-state index < -0.39 is 22.5 Å². The van der Waals surface area contributed by atoms with E-state index in [1.165, 1.54) is 12.1 Å². The standard InChI is InChI=1S/C19H14ClNO7/c1-2-26-19(23)17-13(12-5-3-4-6-16(12)28-17)10-27-18(22)11-7-8-14(20)15(9-11)21(24)25/h3-9H,2,10H2,1H3. The van der Waals surface area contributed by atoms with Crippen LogP contribution in [0.15, 0.2) is 46.9 Å². The summed E-state index contributed by atoms with van der Waals surface area (Å²) >= 11 is 5.75. The number of halogens is 1. The van der Waals surface area contributed by atoms with Gasteiger partial charge in [0.1, 0.15) is 17.2 Å². The average Bonchev–Trinajstić information content (AvgIpc) is 3.05. The lowest BCUT2D eigenvalue weighted by molar-refractivity contribution is -0.384. The van der Waals surface area contributed by atoms with Gasteiger partial charge < -0.3 is 13.9 Å². The van der Waals surface area contributed by atoms with Crippen molar-refractivity contribution in [1.29, 1.82) is 0 Å². The highest BCUT2D eigenvalue weighted by Gasteiger charge is 2.23. The third-order valence-corrected chi connectivity index (χ3v) is 4.20. The predicted octanol–water partition coefficient (Wildman–Crippen LogP) is 4.53. The van der Waals surface area contributed by atoms with E-state index in [9.17, 15) is 19.7 Å². The van der Waals surface area contributed by atoms with E-state index in [2.05, 4.69) is 0 Å². The van der Waals surface area contributed by atoms with Crippen LogP contribution in [0.25, 0.3) is 11.0 Å². The maximum Gasteiger partial charge on any atom is 0.374 e. The summed E-state index contributed by atoms with van der Waals surface area (Å²) in [5.41, 5.74) is 0.350. The van der Waals surface area contributed by atoms with E-state index in [0.717, 1.165) is 6.07 Å². The fourth-order valence-corrected chi connectivity index (χ4v) is 2.79. The molecule has 0 amide bonds. The molecular formula is C19H14ClNO7. The number of carbonyl (C=O) groups excluding carboxylic acids is 2. The lowest BCUT2D eigenvalue weighted by atomic mass is 10.1. The van der Waals surface area contributed by atoms with Crippen LogP contribution in [0.1, 0.15) is 33.4 Å². The van der Waals surface area contributed by atoms with E-state index in [-0.39, 0.29) is 29.6 Å². The summed E-state index contributed by atoms with van der Waals surface area (Å²) < 4.78 is 15.8. The summed E-state index contributed by atoms with van der Waals surface area (Å²) in [5, 5.41) is 11.5. The highest BCUT2D eigenvalue weighted by atomic mass is 35.5. The molecule has 8 nitrogen and oxygen atoms in total. The molecule has 1 heterocycles. The van der Waals surface area contributed by atoms with Gasteiger partial charge in [-0.2, -0.15) is 0 Å². The number of carbonyl (C=O) groups is 2. The molecule has 2 aromatic carbocycles. The van der Waals surface area contributed by atoms with Crippen molar-refractivity contribution < 1.29 is 28.4 Å². The van der Waals surface area contributed by atoms with E-state index in [4.69, 9.17) is 25.5 Å². The van der Waals surface area contributed by atoms with Crippen molar-refractivity contribution in [3.05, 3.63) is 74.5 Å². The topological polar surface area (TPSA) is 109 Å². The van der Waals surface area contributed by atoms with Crippen LogP contribution in [0.2, 0.25) is 5.02 Å². The second-order valence-electron chi connectivity index (χ2n) is 5.63. The molecule has 1 aromatic heterocycles. The average molecular weight is 404 g/mol. The SMILES string of the molecule is CCOC(=O)c1oc2ccccc2c1COC(=O)c1ccc(Cl)c([N+](=O)[O-])c1. The fourth-order valence-electron chi connectivity index (χ4n) is 2.60. The Morgan fingerprint density at radius 1 is 1.14 bits per heavy atom. The molecule has 0 unspecified atom stereocenters. The van der Waals surface area contributed by atoms with E-state index in [1.807, 2.05) is 0 Å². The summed E-state index contributed by atoms with van der Waals surface area (Å²) in [6, 6.07) is 10.5. The van der Waals surface area contributed by atoms with Gasteiger partial charge in [-0.15, -0.1) is 0 Å². The third-order valence-electron chi connectivity index (χ3n) is 3.89. The Labute approximate surface area is 163 Å². The molecule has 144 valence electrons. The van der Waals surface area contributed by atoms with E-state index >= 15 is 0 Å². The number of ether oxygens (including phenoxy) is 2. The van der Waals surface area contributed by atoms with Crippen LogP contribution in [-0.2, 0) is 16.1 Å². The zero-order chi connectivity index (χ0) is 20.3. The third kappa shape index (κ3) is 3.81. The molecule has 0 N–H and O–H groups in total. The molecular weight excluding hydrogens is 390 g/mol. The molecule has 3 rings (SSSR count). The molecule has 9 heteroatoms. The van der Waals surface area contributed by atoms with Crippen molar-refractivity contribution in [2.45, 2.75) is 13.5 Å². The molecule has 0 saturated heterocycles. The van der Waals surface area contributed by atoms with Gasteiger partial charge in [0.15, 0.2) is 0 Å². The first-order chi connectivity index (χ1) is 13.4. The first-order valence-electron chi connectivity index (χ1n) is 8.21. The molecule has 0 aliphatic heterocycles. The van der Waals surface area contributed by atoms with Gasteiger partial charge in [-0.05, 0) is 25.1 Å². The lowest BCUT2D eigenvalue weighted by Crippen LogP contribution is -2.10. The second-order valence-corrected chi connectivity index (χ2v) is 6.03. The number of para-hydroxylation sites is 1. The van der Waals surface area contributed by atoms with Gasteiger partial charge in [0.05, 0.1) is 22.7 Å². The second kappa shape index (κ2) is 8.10. The smallest absolute Gasteiger partial charge is 0.374 e. The van der Waals surface area contributed by atoms with Crippen LogP contribution in [0, 0.1) is 10.1 Å². The van der Waals surface area contributed by atoms with Gasteiger partial charge in [0, 0.05) is 11.5 Å². The Balaban J connectivity index is 1.88.